The first-order valence-corrected chi connectivity index (χ1v) is 3.29. The Bertz CT molecular complexity index is 285. The number of hydrogen-bond donors (Lipinski definition) is 2. The lowest BCUT2D eigenvalue weighted by Crippen LogP contribution is -2.28. The smallest absolute Gasteiger partial charge is 0.118 e. The highest BCUT2D eigenvalue weighted by Crippen LogP contribution is 2.13. The van der Waals surface area contributed by atoms with Crippen molar-refractivity contribution in [1.82, 2.24) is 10.4 Å². The average molecular weight is 148 g/mol. The van der Waals surface area contributed by atoms with Crippen LogP contribution in [0.25, 0.3) is 0 Å². The second-order valence-electron chi connectivity index (χ2n) is 2.28. The van der Waals surface area contributed by atoms with E-state index in [1.807, 2.05) is 23.4 Å². The Labute approximate surface area is 64.4 Å². The topological polar surface area (TPSA) is 53.6 Å². The summed E-state index contributed by atoms with van der Waals surface area (Å²) in [6.45, 7) is 0. The molecule has 0 aliphatic carbocycles. The van der Waals surface area contributed by atoms with Crippen molar-refractivity contribution in [2.24, 2.45) is 10.7 Å². The van der Waals surface area contributed by atoms with Crippen molar-refractivity contribution in [3.05, 3.63) is 36.1 Å². The normalized spacial score (nSPS) is 20.2. The molecule has 2 rings (SSSR count). The second kappa shape index (κ2) is 2.16. The van der Waals surface area contributed by atoms with Crippen LogP contribution in [0.2, 0.25) is 0 Å². The molecule has 0 aromatic heterocycles. The van der Waals surface area contributed by atoms with Crippen molar-refractivity contribution in [3.8, 4) is 0 Å². The maximum Gasteiger partial charge on any atom is 0.118 e. The largest absolute Gasteiger partial charge is 0.384 e. The average Bonchev–Trinajstić information content (AvgIpc) is 2.17. The van der Waals surface area contributed by atoms with Crippen molar-refractivity contribution >= 4 is 6.21 Å². The van der Waals surface area contributed by atoms with Crippen LogP contribution in [0.5, 0.6) is 0 Å². The van der Waals surface area contributed by atoms with Gasteiger partial charge in [-0.2, -0.15) is 0 Å². The van der Waals surface area contributed by atoms with E-state index in [9.17, 15) is 0 Å². The molecule has 0 saturated heterocycles. The van der Waals surface area contributed by atoms with E-state index in [-0.39, 0.29) is 0 Å². The van der Waals surface area contributed by atoms with Gasteiger partial charge in [0.15, 0.2) is 0 Å². The first-order valence-electron chi connectivity index (χ1n) is 3.29. The molecule has 0 atom stereocenters. The van der Waals surface area contributed by atoms with Crippen molar-refractivity contribution in [2.45, 2.75) is 0 Å². The van der Waals surface area contributed by atoms with E-state index in [1.165, 1.54) is 0 Å². The van der Waals surface area contributed by atoms with Crippen LogP contribution in [0, 0.1) is 0 Å². The zero-order valence-electron chi connectivity index (χ0n) is 5.86. The third-order valence-corrected chi connectivity index (χ3v) is 1.45. The fraction of sp³-hybridized carbons (Fsp3) is 0. The number of rotatable bonds is 0. The fourth-order valence-corrected chi connectivity index (χ4v) is 0.981. The van der Waals surface area contributed by atoms with Gasteiger partial charge in [-0.3, -0.25) is 15.4 Å². The third-order valence-electron chi connectivity index (χ3n) is 1.45. The molecule has 0 bridgehead atoms. The summed E-state index contributed by atoms with van der Waals surface area (Å²) in [5.41, 5.74) is 9.41. The summed E-state index contributed by atoms with van der Waals surface area (Å²) in [6.07, 6.45) is 8.98. The van der Waals surface area contributed by atoms with Crippen LogP contribution < -0.4 is 11.2 Å². The maximum atomic E-state index is 5.53. The van der Waals surface area contributed by atoms with Gasteiger partial charge in [-0.25, -0.2) is 0 Å². The van der Waals surface area contributed by atoms with Crippen molar-refractivity contribution < 1.29 is 0 Å². The minimum atomic E-state index is 0.637. The Morgan fingerprint density at radius 1 is 1.55 bits per heavy atom. The van der Waals surface area contributed by atoms with E-state index in [2.05, 4.69) is 10.4 Å². The van der Waals surface area contributed by atoms with Crippen LogP contribution in [0.1, 0.15) is 0 Å². The van der Waals surface area contributed by atoms with Gasteiger partial charge in [-0.05, 0) is 6.08 Å². The third kappa shape index (κ3) is 0.980. The lowest BCUT2D eigenvalue weighted by atomic mass is 10.4. The molecule has 4 nitrogen and oxygen atoms in total. The molecule has 3 N–H and O–H groups in total. The first-order chi connectivity index (χ1) is 5.36. The van der Waals surface area contributed by atoms with Gasteiger partial charge in [0.25, 0.3) is 0 Å². The summed E-state index contributed by atoms with van der Waals surface area (Å²) in [5, 5.41) is 1.81. The Kier molecular flexibility index (Phi) is 1.18. The Morgan fingerprint density at radius 2 is 2.45 bits per heavy atom. The van der Waals surface area contributed by atoms with Gasteiger partial charge in [-0.15, -0.1) is 0 Å². The number of nitrogens with two attached hydrogens (primary N) is 1. The van der Waals surface area contributed by atoms with Crippen LogP contribution in [0.3, 0.4) is 0 Å². The molecule has 0 fully saturated rings. The van der Waals surface area contributed by atoms with Gasteiger partial charge in [0.2, 0.25) is 0 Å². The molecule has 0 radical (unpaired) electrons. The second-order valence-corrected chi connectivity index (χ2v) is 2.28. The number of hydrazine groups is 1. The molecule has 2 aliphatic heterocycles. The minimum absolute atomic E-state index is 0.637. The van der Waals surface area contributed by atoms with Crippen molar-refractivity contribution in [3.63, 3.8) is 0 Å². The van der Waals surface area contributed by atoms with Crippen molar-refractivity contribution in [2.75, 3.05) is 0 Å². The van der Waals surface area contributed by atoms with E-state index < -0.39 is 0 Å². The van der Waals surface area contributed by atoms with E-state index in [1.54, 1.807) is 12.4 Å². The Morgan fingerprint density at radius 3 is 3.36 bits per heavy atom. The van der Waals surface area contributed by atoms with E-state index in [0.29, 0.717) is 5.82 Å². The maximum absolute atomic E-state index is 5.53. The highest BCUT2D eigenvalue weighted by atomic mass is 15.5. The number of hydrogen-bond acceptors (Lipinski definition) is 4. The van der Waals surface area contributed by atoms with Crippen LogP contribution in [0.15, 0.2) is 41.1 Å². The number of nitrogens with one attached hydrogen (secondary N) is 1. The molecule has 0 spiro atoms. The summed E-state index contributed by atoms with van der Waals surface area (Å²) in [5.74, 6) is 0.637. The molecular weight excluding hydrogens is 140 g/mol. The van der Waals surface area contributed by atoms with Gasteiger partial charge >= 0.3 is 0 Å². The lowest BCUT2D eigenvalue weighted by Gasteiger charge is -2.13. The first kappa shape index (κ1) is 6.03. The summed E-state index contributed by atoms with van der Waals surface area (Å²) >= 11 is 0. The lowest BCUT2D eigenvalue weighted by molar-refractivity contribution is 0.415. The SMILES string of the molecule is NC1=CC2=CN=CC=CN2N1. The van der Waals surface area contributed by atoms with E-state index in [4.69, 9.17) is 5.73 Å². The molecule has 2 heterocycles. The highest BCUT2D eigenvalue weighted by molar-refractivity contribution is 5.72. The van der Waals surface area contributed by atoms with Crippen molar-refractivity contribution in [1.29, 1.82) is 0 Å². The number of nitrogens with zero attached hydrogens (tertiary/aromatic N) is 2. The molecule has 0 aromatic carbocycles. The number of aliphatic imine (C=N–C) groups is 1. The molecule has 11 heavy (non-hydrogen) atoms. The van der Waals surface area contributed by atoms with E-state index >= 15 is 0 Å². The summed E-state index contributed by atoms with van der Waals surface area (Å²) < 4.78 is 0. The molecule has 2 aliphatic rings. The zero-order chi connectivity index (χ0) is 7.68. The quantitative estimate of drug-likeness (QED) is 0.510. The van der Waals surface area contributed by atoms with Crippen LogP contribution in [-0.4, -0.2) is 11.2 Å². The van der Waals surface area contributed by atoms with Gasteiger partial charge in [0, 0.05) is 18.5 Å². The van der Waals surface area contributed by atoms with E-state index in [0.717, 1.165) is 5.70 Å². The van der Waals surface area contributed by atoms with Gasteiger partial charge in [0.1, 0.15) is 5.82 Å². The summed E-state index contributed by atoms with van der Waals surface area (Å²) in [4.78, 5) is 3.99. The van der Waals surface area contributed by atoms with Gasteiger partial charge in [-0.1, -0.05) is 0 Å². The van der Waals surface area contributed by atoms with Crippen LogP contribution in [0.4, 0.5) is 0 Å². The standard InChI is InChI=1S/C7H8N4/c8-7-4-6-5-9-2-1-3-11(6)10-7/h1-5,10H,8H2. The van der Waals surface area contributed by atoms with Crippen LogP contribution >= 0.6 is 0 Å². The molecule has 0 aromatic rings. The van der Waals surface area contributed by atoms with Gasteiger partial charge in [0.05, 0.1) is 11.9 Å². The highest BCUT2D eigenvalue weighted by Gasteiger charge is 2.12. The fourth-order valence-electron chi connectivity index (χ4n) is 0.981. The minimum Gasteiger partial charge on any atom is -0.384 e. The predicted molar refractivity (Wildman–Crippen MR) is 43.0 cm³/mol. The molecule has 4 heteroatoms. The predicted octanol–water partition coefficient (Wildman–Crippen LogP) is 0.0462. The summed E-state index contributed by atoms with van der Waals surface area (Å²) in [7, 11) is 0. The number of fused-ring (bicyclic) bond motifs is 1. The molecule has 0 unspecified atom stereocenters. The Balaban J connectivity index is 2.35. The van der Waals surface area contributed by atoms with Gasteiger partial charge < -0.3 is 5.73 Å². The zero-order valence-corrected chi connectivity index (χ0v) is 5.86. The molecule has 0 saturated carbocycles. The van der Waals surface area contributed by atoms with Crippen LogP contribution in [-0.2, 0) is 0 Å². The summed E-state index contributed by atoms with van der Waals surface area (Å²) in [6, 6.07) is 0. The molecule has 56 valence electrons. The monoisotopic (exact) mass is 148 g/mol. The molecular formula is C7H8N4. The molecule has 0 amide bonds. The number of allylic oxidation sites excluding steroid dienone is 2. The Hall–Kier alpha value is -1.71.